The molecule has 11 heteroatoms. The topological polar surface area (TPSA) is 97.2 Å². The van der Waals surface area contributed by atoms with Gasteiger partial charge in [-0.15, -0.1) is 0 Å². The summed E-state index contributed by atoms with van der Waals surface area (Å²) >= 11 is 11.6. The maximum Gasteiger partial charge on any atom is 0.288 e. The molecule has 2 aromatic carbocycles. The second-order valence-corrected chi connectivity index (χ2v) is 8.51. The van der Waals surface area contributed by atoms with Crippen LogP contribution in [0.4, 0.5) is 11.4 Å². The Morgan fingerprint density at radius 3 is 2.58 bits per heavy atom. The molecule has 9 nitrogen and oxygen atoms in total. The van der Waals surface area contributed by atoms with E-state index in [2.05, 4.69) is 5.32 Å². The highest BCUT2D eigenvalue weighted by Crippen LogP contribution is 2.40. The highest BCUT2D eigenvalue weighted by molar-refractivity contribution is 7.80. The summed E-state index contributed by atoms with van der Waals surface area (Å²) < 4.78 is 11.3. The van der Waals surface area contributed by atoms with Crippen LogP contribution in [0.1, 0.15) is 18.5 Å². The Bertz CT molecular complexity index is 1200. The smallest absolute Gasteiger partial charge is 0.288 e. The molecule has 2 aliphatic heterocycles. The minimum atomic E-state index is -0.697. The second-order valence-electron chi connectivity index (χ2n) is 7.71. The normalized spacial score (nSPS) is 17.5. The second kappa shape index (κ2) is 8.87. The van der Waals surface area contributed by atoms with Gasteiger partial charge in [0.1, 0.15) is 18.2 Å². The molecule has 1 atom stereocenters. The van der Waals surface area contributed by atoms with Crippen molar-refractivity contribution in [3.63, 3.8) is 0 Å². The summed E-state index contributed by atoms with van der Waals surface area (Å²) in [5.41, 5.74) is 1.95. The highest BCUT2D eigenvalue weighted by atomic mass is 35.5. The van der Waals surface area contributed by atoms with Crippen LogP contribution >= 0.6 is 23.8 Å². The Labute approximate surface area is 200 Å². The number of anilines is 1. The fourth-order valence-electron chi connectivity index (χ4n) is 3.84. The van der Waals surface area contributed by atoms with Crippen molar-refractivity contribution in [2.24, 2.45) is 0 Å². The molecule has 2 heterocycles. The lowest BCUT2D eigenvalue weighted by molar-refractivity contribution is -0.384. The third-order valence-electron chi connectivity index (χ3n) is 5.41. The van der Waals surface area contributed by atoms with Crippen molar-refractivity contribution in [1.82, 2.24) is 10.2 Å². The number of nitrogens with one attached hydrogen (secondary N) is 1. The number of likely N-dealkylation sites (N-methyl/N-ethyl adjacent to an activating group) is 1. The number of nitro groups is 1. The van der Waals surface area contributed by atoms with E-state index in [1.807, 2.05) is 6.07 Å². The Morgan fingerprint density at radius 2 is 1.91 bits per heavy atom. The zero-order chi connectivity index (χ0) is 23.9. The summed E-state index contributed by atoms with van der Waals surface area (Å²) in [5.74, 6) is 0.969. The first-order valence-corrected chi connectivity index (χ1v) is 10.8. The number of thiocarbonyl (C=S) groups is 1. The van der Waals surface area contributed by atoms with Gasteiger partial charge in [-0.3, -0.25) is 19.8 Å². The van der Waals surface area contributed by atoms with E-state index < -0.39 is 11.0 Å². The van der Waals surface area contributed by atoms with Gasteiger partial charge in [0, 0.05) is 31.9 Å². The molecule has 33 heavy (non-hydrogen) atoms. The zero-order valence-corrected chi connectivity index (χ0v) is 19.7. The predicted molar refractivity (Wildman–Crippen MR) is 128 cm³/mol. The van der Waals surface area contributed by atoms with Crippen LogP contribution in [0, 0.1) is 10.1 Å². The number of amides is 1. The van der Waals surface area contributed by atoms with Gasteiger partial charge < -0.3 is 19.7 Å². The fourth-order valence-corrected chi connectivity index (χ4v) is 4.39. The van der Waals surface area contributed by atoms with Crippen molar-refractivity contribution in [2.75, 3.05) is 32.2 Å². The Hall–Kier alpha value is -3.37. The number of ether oxygens (including phenoxy) is 2. The molecule has 0 saturated carbocycles. The molecule has 0 aliphatic carbocycles. The number of hydrogen-bond donors (Lipinski definition) is 1. The first-order chi connectivity index (χ1) is 15.7. The lowest BCUT2D eigenvalue weighted by Gasteiger charge is -2.38. The van der Waals surface area contributed by atoms with Gasteiger partial charge in [-0.05, 0) is 42.9 Å². The van der Waals surface area contributed by atoms with Gasteiger partial charge >= 0.3 is 0 Å². The molecular weight excluding hydrogens is 468 g/mol. The van der Waals surface area contributed by atoms with Gasteiger partial charge in [0.25, 0.3) is 11.6 Å². The lowest BCUT2D eigenvalue weighted by Crippen LogP contribution is -2.49. The largest absolute Gasteiger partial charge is 0.486 e. The van der Waals surface area contributed by atoms with Crippen LogP contribution in [0.5, 0.6) is 11.5 Å². The fraction of sp³-hybridized carbons (Fsp3) is 0.273. The van der Waals surface area contributed by atoms with Crippen molar-refractivity contribution in [3.05, 3.63) is 68.4 Å². The van der Waals surface area contributed by atoms with Crippen LogP contribution in [-0.2, 0) is 4.79 Å². The Kier molecular flexibility index (Phi) is 6.13. The van der Waals surface area contributed by atoms with Crippen LogP contribution in [-0.4, -0.2) is 48.2 Å². The van der Waals surface area contributed by atoms with Gasteiger partial charge in [-0.25, -0.2) is 0 Å². The van der Waals surface area contributed by atoms with E-state index in [1.54, 1.807) is 44.1 Å². The van der Waals surface area contributed by atoms with Crippen LogP contribution in [0.3, 0.4) is 0 Å². The average Bonchev–Trinajstić information content (AvgIpc) is 2.78. The molecule has 1 N–H and O–H groups in total. The summed E-state index contributed by atoms with van der Waals surface area (Å²) in [6.45, 7) is 2.71. The molecule has 0 bridgehead atoms. The van der Waals surface area contributed by atoms with Gasteiger partial charge in [0.05, 0.1) is 22.2 Å². The number of carbonyl (C=O) groups is 1. The van der Waals surface area contributed by atoms with Crippen molar-refractivity contribution in [1.29, 1.82) is 0 Å². The molecule has 0 spiro atoms. The molecule has 0 saturated heterocycles. The van der Waals surface area contributed by atoms with E-state index in [-0.39, 0.29) is 16.6 Å². The minimum absolute atomic E-state index is 0.0150. The van der Waals surface area contributed by atoms with Crippen molar-refractivity contribution in [2.45, 2.75) is 13.0 Å². The molecule has 172 valence electrons. The van der Waals surface area contributed by atoms with E-state index >= 15 is 0 Å². The van der Waals surface area contributed by atoms with E-state index in [1.165, 1.54) is 17.0 Å². The number of carbonyl (C=O) groups excluding carboxylic acids is 1. The molecule has 2 aromatic rings. The van der Waals surface area contributed by atoms with Crippen molar-refractivity contribution in [3.8, 4) is 11.5 Å². The van der Waals surface area contributed by atoms with Crippen molar-refractivity contribution < 1.29 is 19.2 Å². The summed E-state index contributed by atoms with van der Waals surface area (Å²) in [6, 6.07) is 9.18. The Morgan fingerprint density at radius 1 is 1.21 bits per heavy atom. The van der Waals surface area contributed by atoms with Crippen LogP contribution in [0.2, 0.25) is 5.02 Å². The van der Waals surface area contributed by atoms with Gasteiger partial charge in [-0.2, -0.15) is 0 Å². The SMILES string of the molecule is CC1=C(C(=O)N(C)C)[C@@H](c2ccc(Cl)c([N+](=O)[O-])c2)NC(=S)N1c1ccc2c(c1)OCCO2. The van der Waals surface area contributed by atoms with E-state index in [4.69, 9.17) is 33.3 Å². The molecule has 1 amide bonds. The monoisotopic (exact) mass is 488 g/mol. The summed E-state index contributed by atoms with van der Waals surface area (Å²) in [6.07, 6.45) is 0. The maximum atomic E-state index is 13.2. The number of nitrogens with zero attached hydrogens (tertiary/aromatic N) is 3. The number of benzene rings is 2. The third-order valence-corrected chi connectivity index (χ3v) is 6.03. The molecule has 0 fully saturated rings. The standard InChI is InChI=1S/C22H21ClN4O5S/c1-12-19(21(28)25(2)3)20(13-4-6-15(23)16(10-13)27(29)30)24-22(33)26(12)14-5-7-17-18(11-14)32-9-8-31-17/h4-7,10-11,20H,8-9H2,1-3H3,(H,24,33)/t20-/m1/s1. The Balaban J connectivity index is 1.84. The van der Waals surface area contributed by atoms with Crippen molar-refractivity contribution >= 4 is 46.2 Å². The van der Waals surface area contributed by atoms with E-state index in [9.17, 15) is 14.9 Å². The number of halogens is 1. The third kappa shape index (κ3) is 4.19. The molecule has 0 radical (unpaired) electrons. The predicted octanol–water partition coefficient (Wildman–Crippen LogP) is 3.82. The van der Waals surface area contributed by atoms with Gasteiger partial charge in [0.15, 0.2) is 16.6 Å². The average molecular weight is 489 g/mol. The molecule has 2 aliphatic rings. The number of rotatable bonds is 4. The van der Waals surface area contributed by atoms with Crippen LogP contribution < -0.4 is 19.7 Å². The highest BCUT2D eigenvalue weighted by Gasteiger charge is 2.36. The van der Waals surface area contributed by atoms with E-state index in [0.29, 0.717) is 52.3 Å². The molecular formula is C22H21ClN4O5S. The molecule has 0 unspecified atom stereocenters. The van der Waals surface area contributed by atoms with Crippen LogP contribution in [0.25, 0.3) is 0 Å². The zero-order valence-electron chi connectivity index (χ0n) is 18.1. The van der Waals surface area contributed by atoms with Gasteiger partial charge in [-0.1, -0.05) is 17.7 Å². The number of nitro benzene ring substituents is 1. The maximum absolute atomic E-state index is 13.2. The summed E-state index contributed by atoms with van der Waals surface area (Å²) in [4.78, 5) is 27.3. The first-order valence-electron chi connectivity index (χ1n) is 10.1. The lowest BCUT2D eigenvalue weighted by atomic mass is 9.93. The summed E-state index contributed by atoms with van der Waals surface area (Å²) in [7, 11) is 3.29. The van der Waals surface area contributed by atoms with E-state index in [0.717, 1.165) is 0 Å². The van der Waals surface area contributed by atoms with Crippen LogP contribution in [0.15, 0.2) is 47.7 Å². The molecule has 4 rings (SSSR count). The van der Waals surface area contributed by atoms with Gasteiger partial charge in [0.2, 0.25) is 0 Å². The molecule has 0 aromatic heterocycles. The number of hydrogen-bond acceptors (Lipinski definition) is 6. The summed E-state index contributed by atoms with van der Waals surface area (Å²) in [5, 5.41) is 14.9. The first kappa shape index (κ1) is 22.8. The minimum Gasteiger partial charge on any atom is -0.486 e. The quantitative estimate of drug-likeness (QED) is 0.394. The number of fused-ring (bicyclic) bond motifs is 1. The number of allylic oxidation sites excluding steroid dienone is 1.